The average molecular weight is 371 g/mol. The molecule has 1 N–H and O–H groups in total. The molecular weight excluding hydrogens is 350 g/mol. The molecule has 3 unspecified atom stereocenters. The molecule has 3 atom stereocenters. The zero-order valence-electron chi connectivity index (χ0n) is 14.1. The normalized spacial score (nSPS) is 21.1. The van der Waals surface area contributed by atoms with Crippen LogP contribution in [-0.2, 0) is 4.79 Å². The molecule has 4 nitrogen and oxygen atoms in total. The van der Waals surface area contributed by atoms with E-state index in [2.05, 4.69) is 10.3 Å². The van der Waals surface area contributed by atoms with Gasteiger partial charge in [0, 0.05) is 30.6 Å². The number of nitrogens with zero attached hydrogens (tertiary/aromatic N) is 1. The number of benzene rings is 1. The van der Waals surface area contributed by atoms with Gasteiger partial charge in [0.25, 0.3) is 6.43 Å². The first kappa shape index (κ1) is 19.5. The SMILES string of the molecule is Cc1cc(C(C)NCC2C(Cl)=NC=CC2C=O)ccc1OCC(F)F. The number of carbonyl (C=O) groups excluding carboxylic acids is 1. The maximum absolute atomic E-state index is 12.2. The van der Waals surface area contributed by atoms with E-state index < -0.39 is 13.0 Å². The molecule has 1 aromatic rings. The van der Waals surface area contributed by atoms with Crippen molar-refractivity contribution < 1.29 is 18.3 Å². The van der Waals surface area contributed by atoms with Crippen LogP contribution in [0.25, 0.3) is 0 Å². The molecule has 0 fully saturated rings. The van der Waals surface area contributed by atoms with E-state index in [4.69, 9.17) is 16.3 Å². The summed E-state index contributed by atoms with van der Waals surface area (Å²) < 4.78 is 29.6. The third-order valence-electron chi connectivity index (χ3n) is 4.14. The summed E-state index contributed by atoms with van der Waals surface area (Å²) in [6.45, 7) is 3.68. The van der Waals surface area contributed by atoms with Crippen LogP contribution >= 0.6 is 11.6 Å². The largest absolute Gasteiger partial charge is 0.487 e. The van der Waals surface area contributed by atoms with Gasteiger partial charge in [-0.15, -0.1) is 0 Å². The van der Waals surface area contributed by atoms with Crippen molar-refractivity contribution in [3.63, 3.8) is 0 Å². The van der Waals surface area contributed by atoms with Gasteiger partial charge in [-0.1, -0.05) is 29.8 Å². The molecule has 1 aliphatic heterocycles. The molecule has 0 aromatic heterocycles. The van der Waals surface area contributed by atoms with E-state index in [1.54, 1.807) is 18.3 Å². The molecule has 0 amide bonds. The fourth-order valence-corrected chi connectivity index (χ4v) is 2.92. The zero-order chi connectivity index (χ0) is 18.4. The molecule has 0 saturated carbocycles. The van der Waals surface area contributed by atoms with E-state index in [9.17, 15) is 13.6 Å². The van der Waals surface area contributed by atoms with Crippen LogP contribution in [0.5, 0.6) is 5.75 Å². The number of aryl methyl sites for hydroxylation is 1. The smallest absolute Gasteiger partial charge is 0.272 e. The minimum atomic E-state index is -2.50. The highest BCUT2D eigenvalue weighted by atomic mass is 35.5. The number of rotatable bonds is 8. The summed E-state index contributed by atoms with van der Waals surface area (Å²) in [6.07, 6.45) is 1.64. The Morgan fingerprint density at radius 3 is 2.84 bits per heavy atom. The van der Waals surface area contributed by atoms with Crippen LogP contribution in [0.2, 0.25) is 0 Å². The Labute approximate surface area is 150 Å². The summed E-state index contributed by atoms with van der Waals surface area (Å²) in [7, 11) is 0. The van der Waals surface area contributed by atoms with E-state index in [1.807, 2.05) is 26.0 Å². The third kappa shape index (κ3) is 5.34. The molecule has 0 spiro atoms. The topological polar surface area (TPSA) is 50.7 Å². The highest BCUT2D eigenvalue weighted by molar-refractivity contribution is 6.66. The van der Waals surface area contributed by atoms with Gasteiger partial charge in [-0.05, 0) is 31.0 Å². The van der Waals surface area contributed by atoms with Crippen molar-refractivity contribution in [3.8, 4) is 5.75 Å². The molecule has 1 heterocycles. The number of ether oxygens (including phenoxy) is 1. The first-order chi connectivity index (χ1) is 11.9. The number of halogens is 3. The molecule has 25 heavy (non-hydrogen) atoms. The van der Waals surface area contributed by atoms with E-state index in [-0.39, 0.29) is 17.9 Å². The molecule has 1 aromatic carbocycles. The van der Waals surface area contributed by atoms with Crippen LogP contribution < -0.4 is 10.1 Å². The quantitative estimate of drug-likeness (QED) is 0.706. The van der Waals surface area contributed by atoms with Crippen molar-refractivity contribution in [2.75, 3.05) is 13.2 Å². The predicted octanol–water partition coefficient (Wildman–Crippen LogP) is 3.89. The molecule has 1 aliphatic rings. The van der Waals surface area contributed by atoms with Gasteiger partial charge in [-0.2, -0.15) is 0 Å². The fourth-order valence-electron chi connectivity index (χ4n) is 2.64. The van der Waals surface area contributed by atoms with Crippen molar-refractivity contribution in [2.45, 2.75) is 26.3 Å². The first-order valence-electron chi connectivity index (χ1n) is 8.02. The second-order valence-electron chi connectivity index (χ2n) is 5.97. The number of nitrogens with one attached hydrogen (secondary N) is 1. The molecule has 0 aliphatic carbocycles. The van der Waals surface area contributed by atoms with Gasteiger partial charge in [0.2, 0.25) is 0 Å². The maximum Gasteiger partial charge on any atom is 0.272 e. The number of hydrogen-bond donors (Lipinski definition) is 1. The van der Waals surface area contributed by atoms with Crippen LogP contribution in [0.15, 0.2) is 35.5 Å². The Morgan fingerprint density at radius 1 is 1.44 bits per heavy atom. The lowest BCUT2D eigenvalue weighted by molar-refractivity contribution is -0.110. The van der Waals surface area contributed by atoms with Crippen LogP contribution in [0.1, 0.15) is 24.1 Å². The second kappa shape index (κ2) is 9.06. The summed E-state index contributed by atoms with van der Waals surface area (Å²) >= 11 is 6.11. The van der Waals surface area contributed by atoms with E-state index in [1.165, 1.54) is 0 Å². The van der Waals surface area contributed by atoms with Crippen molar-refractivity contribution >= 4 is 23.1 Å². The number of aliphatic imine (C=N–C) groups is 1. The van der Waals surface area contributed by atoms with Crippen molar-refractivity contribution in [1.82, 2.24) is 5.32 Å². The fraction of sp³-hybridized carbons (Fsp3) is 0.444. The predicted molar refractivity (Wildman–Crippen MR) is 94.6 cm³/mol. The lowest BCUT2D eigenvalue weighted by Crippen LogP contribution is -2.34. The van der Waals surface area contributed by atoms with Gasteiger partial charge in [0.1, 0.15) is 23.8 Å². The standard InChI is InChI=1S/C18H21ClF2N2O2/c1-11-7-13(3-4-16(11)25-10-17(20)21)12(2)23-8-15-14(9-24)5-6-22-18(15)19/h3-7,9,12,14-15,17,23H,8,10H2,1-2H3. The zero-order valence-corrected chi connectivity index (χ0v) is 14.8. The van der Waals surface area contributed by atoms with Crippen LogP contribution in [0, 0.1) is 18.8 Å². The Hall–Kier alpha value is -1.79. The highest BCUT2D eigenvalue weighted by Gasteiger charge is 2.26. The summed E-state index contributed by atoms with van der Waals surface area (Å²) in [5.74, 6) is -0.0391. The van der Waals surface area contributed by atoms with Crippen LogP contribution in [-0.4, -0.2) is 31.0 Å². The highest BCUT2D eigenvalue weighted by Crippen LogP contribution is 2.25. The van der Waals surface area contributed by atoms with Gasteiger partial charge in [-0.25, -0.2) is 13.8 Å². The van der Waals surface area contributed by atoms with Gasteiger partial charge >= 0.3 is 0 Å². The van der Waals surface area contributed by atoms with E-state index in [0.29, 0.717) is 17.5 Å². The minimum absolute atomic E-state index is 0.00877. The molecule has 0 radical (unpaired) electrons. The lowest BCUT2D eigenvalue weighted by atomic mass is 9.92. The number of carbonyl (C=O) groups is 1. The average Bonchev–Trinajstić information content (AvgIpc) is 2.58. The van der Waals surface area contributed by atoms with Crippen LogP contribution in [0.4, 0.5) is 8.78 Å². The third-order valence-corrected chi connectivity index (χ3v) is 4.52. The summed E-state index contributed by atoms with van der Waals surface area (Å²) in [5, 5.41) is 3.75. The monoisotopic (exact) mass is 370 g/mol. The van der Waals surface area contributed by atoms with Crippen molar-refractivity contribution in [1.29, 1.82) is 0 Å². The number of allylic oxidation sites excluding steroid dienone is 1. The maximum atomic E-state index is 12.2. The molecule has 136 valence electrons. The van der Waals surface area contributed by atoms with Gasteiger partial charge in [0.05, 0.1) is 0 Å². The Morgan fingerprint density at radius 2 is 2.20 bits per heavy atom. The Balaban J connectivity index is 1.97. The number of aldehydes is 1. The molecule has 0 saturated heterocycles. The van der Waals surface area contributed by atoms with Crippen LogP contribution in [0.3, 0.4) is 0 Å². The summed E-state index contributed by atoms with van der Waals surface area (Å²) in [5.41, 5.74) is 1.78. The molecule has 2 rings (SSSR count). The van der Waals surface area contributed by atoms with Crippen molar-refractivity contribution in [2.24, 2.45) is 16.8 Å². The van der Waals surface area contributed by atoms with Crippen molar-refractivity contribution in [3.05, 3.63) is 41.6 Å². The van der Waals surface area contributed by atoms with E-state index >= 15 is 0 Å². The molecule has 7 heteroatoms. The van der Waals surface area contributed by atoms with Gasteiger partial charge in [0.15, 0.2) is 0 Å². The summed E-state index contributed by atoms with van der Waals surface area (Å²) in [6, 6.07) is 5.41. The lowest BCUT2D eigenvalue weighted by Gasteiger charge is -2.24. The summed E-state index contributed by atoms with van der Waals surface area (Å²) in [4.78, 5) is 15.2. The minimum Gasteiger partial charge on any atom is -0.487 e. The molecule has 0 bridgehead atoms. The molecular formula is C18H21ClF2N2O2. The number of hydrogen-bond acceptors (Lipinski definition) is 4. The Kier molecular flexibility index (Phi) is 7.08. The van der Waals surface area contributed by atoms with Gasteiger partial charge < -0.3 is 14.8 Å². The van der Waals surface area contributed by atoms with Gasteiger partial charge in [-0.3, -0.25) is 0 Å². The first-order valence-corrected chi connectivity index (χ1v) is 8.40. The number of alkyl halides is 2. The Bertz CT molecular complexity index is 664. The second-order valence-corrected chi connectivity index (χ2v) is 6.36. The van der Waals surface area contributed by atoms with E-state index in [0.717, 1.165) is 17.4 Å².